The largest absolute Gasteiger partial charge is 1.00 e. The first-order valence-corrected chi connectivity index (χ1v) is 28.6. The molecule has 4 aromatic rings. The van der Waals surface area contributed by atoms with Gasteiger partial charge in [-0.15, -0.1) is 80.6 Å². The molecule has 0 spiro atoms. The summed E-state index contributed by atoms with van der Waals surface area (Å²) in [7, 11) is 0. The van der Waals surface area contributed by atoms with Crippen LogP contribution in [0.3, 0.4) is 0 Å². The van der Waals surface area contributed by atoms with E-state index in [2.05, 4.69) is 163 Å². The molecule has 4 aromatic carbocycles. The van der Waals surface area contributed by atoms with Gasteiger partial charge in [0.05, 0.1) is 0 Å². The second kappa shape index (κ2) is 23.7. The fourth-order valence-electron chi connectivity index (χ4n) is 8.77. The molecule has 7 heteroatoms. The Morgan fingerprint density at radius 3 is 1.24 bits per heavy atom. The maximum Gasteiger partial charge on any atom is -1.00 e. The van der Waals surface area contributed by atoms with E-state index in [1.54, 1.807) is 0 Å². The van der Waals surface area contributed by atoms with Crippen molar-refractivity contribution in [1.29, 1.82) is 0 Å². The second-order valence-corrected chi connectivity index (χ2v) is 28.0. The van der Waals surface area contributed by atoms with Crippen molar-refractivity contribution in [1.82, 2.24) is 0 Å². The van der Waals surface area contributed by atoms with Crippen molar-refractivity contribution in [2.45, 2.75) is 142 Å². The maximum absolute atomic E-state index is 11.4. The zero-order chi connectivity index (χ0) is 43.8. The maximum atomic E-state index is 11.4. The summed E-state index contributed by atoms with van der Waals surface area (Å²) in [4.78, 5) is 0. The summed E-state index contributed by atoms with van der Waals surface area (Å²) in [6.45, 7) is 15.5. The number of halogens is 5. The average molecular weight is 985 g/mol. The summed E-state index contributed by atoms with van der Waals surface area (Å²) in [5.41, 5.74) is 10.4. The van der Waals surface area contributed by atoms with Crippen LogP contribution in [0, 0.1) is 11.8 Å². The minimum Gasteiger partial charge on any atom is -1.00 e. The van der Waals surface area contributed by atoms with E-state index in [0.717, 1.165) is 11.8 Å². The van der Waals surface area contributed by atoms with Gasteiger partial charge in [-0.05, 0) is 44.9 Å². The fraction of sp³-hybridized carbons (Fsp3) is 0.429. The van der Waals surface area contributed by atoms with Crippen molar-refractivity contribution in [3.05, 3.63) is 140 Å². The molecule has 0 N–H and O–H groups in total. The first kappa shape index (κ1) is 52.9. The van der Waals surface area contributed by atoms with Crippen LogP contribution in [-0.2, 0) is 34.2 Å². The normalized spacial score (nSPS) is 17.5. The Hall–Kier alpha value is -2.69. The van der Waals surface area contributed by atoms with E-state index in [4.69, 9.17) is 0 Å². The SMILES string of the molecule is CC(C)(C)c1ccc(-c2cccc3c2=CC(=CC2CCCCC2)[C-]=3)cc1.CC(C)(C)c1ccc(-c2cccc3c2=CC(=CC2CCCCC2)[C-]=3)cc1.C[Si](=[Zr+2])CCC(F)(F)F.[Cl-].[Cl-]. The summed E-state index contributed by atoms with van der Waals surface area (Å²) >= 11 is 1.29. The van der Waals surface area contributed by atoms with Gasteiger partial charge in [-0.25, -0.2) is 0 Å². The molecule has 0 aromatic heterocycles. The summed E-state index contributed by atoms with van der Waals surface area (Å²) in [6.07, 6.45) is 26.1. The topological polar surface area (TPSA) is 0 Å². The van der Waals surface area contributed by atoms with E-state index in [9.17, 15) is 13.2 Å². The quantitative estimate of drug-likeness (QED) is 0.140. The van der Waals surface area contributed by atoms with Gasteiger partial charge < -0.3 is 24.8 Å². The summed E-state index contributed by atoms with van der Waals surface area (Å²) < 4.78 is 34.3. The van der Waals surface area contributed by atoms with E-state index in [1.807, 2.05) is 6.55 Å². The number of benzene rings is 4. The van der Waals surface area contributed by atoms with Crippen LogP contribution >= 0.6 is 0 Å². The molecule has 4 aliphatic carbocycles. The number of rotatable bonds is 6. The van der Waals surface area contributed by atoms with E-state index in [-0.39, 0.29) is 35.6 Å². The molecule has 0 radical (unpaired) electrons. The Bertz CT molecular complexity index is 2290. The molecule has 0 heterocycles. The Morgan fingerprint density at radius 2 is 0.937 bits per heavy atom. The van der Waals surface area contributed by atoms with Crippen LogP contribution in [0.15, 0.2) is 108 Å². The Morgan fingerprint density at radius 1 is 0.571 bits per heavy atom. The van der Waals surface area contributed by atoms with Gasteiger partial charge in [-0.2, -0.15) is 0 Å². The molecule has 0 saturated heterocycles. The molecule has 4 aliphatic rings. The first-order valence-electron chi connectivity index (χ1n) is 22.7. The number of fused-ring (bicyclic) bond motifs is 2. The van der Waals surface area contributed by atoms with Crippen molar-refractivity contribution < 1.29 is 61.3 Å². The molecule has 0 bridgehead atoms. The van der Waals surface area contributed by atoms with Crippen molar-refractivity contribution in [2.75, 3.05) is 0 Å². The van der Waals surface area contributed by atoms with Crippen LogP contribution in [0.25, 0.3) is 46.6 Å². The van der Waals surface area contributed by atoms with Crippen molar-refractivity contribution >= 4 is 29.7 Å². The smallest absolute Gasteiger partial charge is 1.00 e. The number of hydrogen-bond donors (Lipinski definition) is 0. The molecule has 8 rings (SSSR count). The van der Waals surface area contributed by atoms with Crippen molar-refractivity contribution in [3.63, 3.8) is 0 Å². The van der Waals surface area contributed by atoms with Crippen LogP contribution in [0.2, 0.25) is 12.6 Å². The number of hydrogen-bond acceptors (Lipinski definition) is 0. The van der Waals surface area contributed by atoms with E-state index in [1.165, 1.54) is 153 Å². The standard InChI is InChI=1S/2C26H29.C4H7F3Si.2ClH.Zr/c2*1-26(2,3)23-14-12-21(13-15-23)24-11-7-10-22-17-20(18-25(22)24)16-19-8-5-4-6-9-19;1-8-3-2-4(5,6)7;;;/h2*7,10-16,18-19H,4-6,8-9H2,1-3H3;2-3H2,1H3;2*1H;/q2*-1;;;;+2/p-2. The van der Waals surface area contributed by atoms with Gasteiger partial charge >= 0.3 is 67.1 Å². The predicted octanol–water partition coefficient (Wildman–Crippen LogP) is 7.33. The zero-order valence-corrected chi connectivity index (χ0v) is 43.4. The summed E-state index contributed by atoms with van der Waals surface area (Å²) in [6, 6.07) is 31.8. The van der Waals surface area contributed by atoms with Gasteiger partial charge in [0.1, 0.15) is 0 Å². The summed E-state index contributed by atoms with van der Waals surface area (Å²) in [5, 5.41) is 5.14. The van der Waals surface area contributed by atoms with Crippen LogP contribution in [0.1, 0.15) is 123 Å². The molecule has 0 unspecified atom stereocenters. The minimum atomic E-state index is -3.93. The Balaban J connectivity index is 0.000000226. The van der Waals surface area contributed by atoms with Gasteiger partial charge in [-0.3, -0.25) is 0 Å². The fourth-order valence-corrected chi connectivity index (χ4v) is 10.4. The molecular formula is C56H65Cl2F3SiZr-2. The Kier molecular flexibility index (Phi) is 19.9. The van der Waals surface area contributed by atoms with E-state index in [0.29, 0.717) is 6.04 Å². The second-order valence-electron chi connectivity index (χ2n) is 19.7. The van der Waals surface area contributed by atoms with E-state index >= 15 is 0 Å². The van der Waals surface area contributed by atoms with Crippen LogP contribution in [-0.4, -0.2) is 11.6 Å². The van der Waals surface area contributed by atoms with Gasteiger partial charge in [0.15, 0.2) is 0 Å². The third-order valence-corrected chi connectivity index (χ3v) is 15.3. The van der Waals surface area contributed by atoms with Crippen molar-refractivity contribution in [2.24, 2.45) is 11.8 Å². The van der Waals surface area contributed by atoms with Crippen LogP contribution in [0.5, 0.6) is 0 Å². The van der Waals surface area contributed by atoms with Crippen molar-refractivity contribution in [3.8, 4) is 22.3 Å². The molecule has 0 aliphatic heterocycles. The first-order chi connectivity index (χ1) is 28.9. The molecule has 0 nitrogen and oxygen atoms in total. The van der Waals surface area contributed by atoms with Gasteiger partial charge in [-0.1, -0.05) is 190 Å². The van der Waals surface area contributed by atoms with Gasteiger partial charge in [0.25, 0.3) is 0 Å². The Labute approximate surface area is 404 Å². The molecule has 0 amide bonds. The monoisotopic (exact) mass is 982 g/mol. The molecule has 0 atom stereocenters. The van der Waals surface area contributed by atoms with Crippen LogP contribution in [0.4, 0.5) is 13.2 Å². The summed E-state index contributed by atoms with van der Waals surface area (Å²) in [5.74, 6) is 1.48. The zero-order valence-electron chi connectivity index (χ0n) is 38.4. The van der Waals surface area contributed by atoms with E-state index < -0.39 is 18.0 Å². The minimum absolute atomic E-state index is 0. The molecule has 63 heavy (non-hydrogen) atoms. The average Bonchev–Trinajstić information content (AvgIpc) is 3.84. The number of allylic oxidation sites excluding steroid dienone is 4. The third kappa shape index (κ3) is 15.7. The van der Waals surface area contributed by atoms with Gasteiger partial charge in [0.2, 0.25) is 0 Å². The molecule has 334 valence electrons. The third-order valence-electron chi connectivity index (χ3n) is 12.4. The molecular weight excluding hydrogens is 920 g/mol. The number of alkyl halides is 3. The molecule has 2 saturated carbocycles. The predicted molar refractivity (Wildman–Crippen MR) is 252 cm³/mol. The van der Waals surface area contributed by atoms with Crippen LogP contribution < -0.4 is 45.7 Å². The van der Waals surface area contributed by atoms with Gasteiger partial charge in [0, 0.05) is 0 Å². The molecule has 2 fully saturated rings.